The van der Waals surface area contributed by atoms with E-state index in [-0.39, 0.29) is 17.6 Å². The number of rotatable bonds is 7. The Hall–Kier alpha value is -3.13. The number of halogens is 1. The van der Waals surface area contributed by atoms with Crippen LogP contribution >= 0.6 is 34.7 Å². The second-order valence-corrected chi connectivity index (χ2v) is 9.81. The Bertz CT molecular complexity index is 1340. The van der Waals surface area contributed by atoms with Gasteiger partial charge in [-0.2, -0.15) is 0 Å². The fraction of sp³-hybridized carbons (Fsp3) is 0.0800. The third-order valence-electron chi connectivity index (χ3n) is 4.73. The number of thiazole rings is 1. The van der Waals surface area contributed by atoms with Gasteiger partial charge in [-0.15, -0.1) is 11.3 Å². The average molecular weight is 494 g/mol. The van der Waals surface area contributed by atoms with Crippen molar-refractivity contribution in [2.75, 3.05) is 16.4 Å². The van der Waals surface area contributed by atoms with Crippen LogP contribution in [0.25, 0.3) is 16.3 Å². The third-order valence-corrected chi connectivity index (χ3v) is 7.30. The molecule has 4 aromatic rings. The molecule has 0 aliphatic rings. The van der Waals surface area contributed by atoms with Gasteiger partial charge in [0.05, 0.1) is 16.0 Å². The van der Waals surface area contributed by atoms with Crippen LogP contribution in [0.1, 0.15) is 11.1 Å². The highest BCUT2D eigenvalue weighted by atomic mass is 35.5. The number of carbonyl (C=O) groups excluding carboxylic acids is 2. The Kier molecular flexibility index (Phi) is 7.44. The van der Waals surface area contributed by atoms with Crippen molar-refractivity contribution in [1.29, 1.82) is 0 Å². The molecule has 0 aliphatic carbocycles. The summed E-state index contributed by atoms with van der Waals surface area (Å²) in [5, 5.41) is 6.38. The maximum absolute atomic E-state index is 12.4. The summed E-state index contributed by atoms with van der Waals surface area (Å²) in [6, 6.07) is 20.6. The Labute approximate surface area is 204 Å². The number of nitrogens with zero attached hydrogens (tertiary/aromatic N) is 1. The number of hydrogen-bond acceptors (Lipinski definition) is 5. The Morgan fingerprint density at radius 3 is 2.70 bits per heavy atom. The molecule has 0 bridgehead atoms. The predicted octanol–water partition coefficient (Wildman–Crippen LogP) is 6.64. The molecule has 0 saturated carbocycles. The molecule has 0 saturated heterocycles. The van der Waals surface area contributed by atoms with Crippen LogP contribution in [0.5, 0.6) is 0 Å². The molecule has 0 spiro atoms. The standard InChI is InChI=1S/C25H20ClN3O2S2/c1-16-19(26)8-5-9-20(16)28-24(31)15-32-25-29-21-12-11-18(14-22(21)33-25)27-23(30)13-10-17-6-3-2-4-7-17/h2-14H,15H2,1H3,(H,27,30)(H,28,31)/b13-10-. The summed E-state index contributed by atoms with van der Waals surface area (Å²) in [7, 11) is 0. The van der Waals surface area contributed by atoms with Crippen LogP contribution in [-0.2, 0) is 9.59 Å². The number of aromatic nitrogens is 1. The molecule has 4 rings (SSSR count). The van der Waals surface area contributed by atoms with Crippen molar-refractivity contribution in [2.24, 2.45) is 0 Å². The largest absolute Gasteiger partial charge is 0.325 e. The molecule has 2 N–H and O–H groups in total. The molecule has 2 amide bonds. The zero-order chi connectivity index (χ0) is 23.2. The van der Waals surface area contributed by atoms with Gasteiger partial charge in [-0.3, -0.25) is 9.59 Å². The molecule has 5 nitrogen and oxygen atoms in total. The van der Waals surface area contributed by atoms with Crippen molar-refractivity contribution in [3.05, 3.63) is 89.0 Å². The Morgan fingerprint density at radius 2 is 1.88 bits per heavy atom. The summed E-state index contributed by atoms with van der Waals surface area (Å²) in [5.41, 5.74) is 4.03. The van der Waals surface area contributed by atoms with E-state index in [9.17, 15) is 9.59 Å². The Morgan fingerprint density at radius 1 is 1.06 bits per heavy atom. The number of anilines is 2. The van der Waals surface area contributed by atoms with Gasteiger partial charge in [0.2, 0.25) is 11.8 Å². The van der Waals surface area contributed by atoms with Crippen molar-refractivity contribution >= 4 is 74.2 Å². The van der Waals surface area contributed by atoms with E-state index in [1.165, 1.54) is 29.2 Å². The Balaban J connectivity index is 1.35. The lowest BCUT2D eigenvalue weighted by atomic mass is 10.2. The zero-order valence-corrected chi connectivity index (χ0v) is 20.1. The number of amides is 2. The maximum atomic E-state index is 12.4. The van der Waals surface area contributed by atoms with Gasteiger partial charge < -0.3 is 10.6 Å². The minimum Gasteiger partial charge on any atom is -0.325 e. The minimum atomic E-state index is -0.203. The van der Waals surface area contributed by atoms with Crippen LogP contribution in [0.4, 0.5) is 11.4 Å². The zero-order valence-electron chi connectivity index (χ0n) is 17.7. The van der Waals surface area contributed by atoms with Crippen molar-refractivity contribution in [1.82, 2.24) is 4.98 Å². The average Bonchev–Trinajstić information content (AvgIpc) is 3.22. The molecule has 0 fully saturated rings. The molecule has 8 heteroatoms. The van der Waals surface area contributed by atoms with Gasteiger partial charge >= 0.3 is 0 Å². The molecule has 3 aromatic carbocycles. The van der Waals surface area contributed by atoms with Crippen molar-refractivity contribution in [3.8, 4) is 0 Å². The first kappa shape index (κ1) is 23.0. The van der Waals surface area contributed by atoms with E-state index >= 15 is 0 Å². The number of benzene rings is 3. The summed E-state index contributed by atoms with van der Waals surface area (Å²) >= 11 is 8.97. The summed E-state index contributed by atoms with van der Waals surface area (Å²) in [5.74, 6) is -0.0901. The van der Waals surface area contributed by atoms with Crippen LogP contribution in [0.2, 0.25) is 5.02 Å². The molecule has 0 unspecified atom stereocenters. The second kappa shape index (κ2) is 10.7. The van der Waals surface area contributed by atoms with Gasteiger partial charge in [0.15, 0.2) is 4.34 Å². The molecule has 33 heavy (non-hydrogen) atoms. The predicted molar refractivity (Wildman–Crippen MR) is 139 cm³/mol. The van der Waals surface area contributed by atoms with Gasteiger partial charge in [-0.25, -0.2) is 4.98 Å². The first-order valence-corrected chi connectivity index (χ1v) is 12.3. The highest BCUT2D eigenvalue weighted by Gasteiger charge is 2.11. The van der Waals surface area contributed by atoms with E-state index in [0.717, 1.165) is 25.7 Å². The number of hydrogen-bond donors (Lipinski definition) is 2. The smallest absolute Gasteiger partial charge is 0.248 e. The quantitative estimate of drug-likeness (QED) is 0.223. The summed E-state index contributed by atoms with van der Waals surface area (Å²) in [6.07, 6.45) is 3.28. The van der Waals surface area contributed by atoms with Crippen molar-refractivity contribution < 1.29 is 9.59 Å². The maximum Gasteiger partial charge on any atom is 0.248 e. The summed E-state index contributed by atoms with van der Waals surface area (Å²) < 4.78 is 1.73. The fourth-order valence-corrected chi connectivity index (χ4v) is 5.10. The molecule has 0 radical (unpaired) electrons. The van der Waals surface area contributed by atoms with Crippen molar-refractivity contribution in [3.63, 3.8) is 0 Å². The SMILES string of the molecule is Cc1c(Cl)cccc1NC(=O)CSc1nc2ccc(NC(=O)/C=C\c3ccccc3)cc2s1. The highest BCUT2D eigenvalue weighted by Crippen LogP contribution is 2.31. The van der Waals surface area contributed by atoms with Gasteiger partial charge in [0.25, 0.3) is 0 Å². The lowest BCUT2D eigenvalue weighted by Crippen LogP contribution is -2.14. The van der Waals surface area contributed by atoms with Crippen molar-refractivity contribution in [2.45, 2.75) is 11.3 Å². The van der Waals surface area contributed by atoms with Gasteiger partial charge in [-0.05, 0) is 54.5 Å². The topological polar surface area (TPSA) is 71.1 Å². The van der Waals surface area contributed by atoms with E-state index < -0.39 is 0 Å². The van der Waals surface area contributed by atoms with Crippen LogP contribution in [0, 0.1) is 6.92 Å². The van der Waals surface area contributed by atoms with Gasteiger partial charge in [0, 0.05) is 22.5 Å². The number of carbonyl (C=O) groups is 2. The lowest BCUT2D eigenvalue weighted by molar-refractivity contribution is -0.114. The molecule has 1 aromatic heterocycles. The summed E-state index contributed by atoms with van der Waals surface area (Å²) in [4.78, 5) is 29.2. The first-order valence-electron chi connectivity index (χ1n) is 10.1. The van der Waals surface area contributed by atoms with Crippen LogP contribution in [0.3, 0.4) is 0 Å². The van der Waals surface area contributed by atoms with E-state index in [1.54, 1.807) is 18.2 Å². The molecule has 0 aliphatic heterocycles. The monoisotopic (exact) mass is 493 g/mol. The van der Waals surface area contributed by atoms with Crippen LogP contribution in [-0.4, -0.2) is 22.6 Å². The van der Waals surface area contributed by atoms with E-state index in [1.807, 2.05) is 61.5 Å². The lowest BCUT2D eigenvalue weighted by Gasteiger charge is -2.08. The van der Waals surface area contributed by atoms with Crippen LogP contribution in [0.15, 0.2) is 77.1 Å². The van der Waals surface area contributed by atoms with Gasteiger partial charge in [0.1, 0.15) is 0 Å². The molecule has 0 atom stereocenters. The second-order valence-electron chi connectivity index (χ2n) is 7.14. The molecule has 1 heterocycles. The number of thioether (sulfide) groups is 1. The van der Waals surface area contributed by atoms with Crippen LogP contribution < -0.4 is 10.6 Å². The number of fused-ring (bicyclic) bond motifs is 1. The van der Waals surface area contributed by atoms with E-state index in [2.05, 4.69) is 15.6 Å². The van der Waals surface area contributed by atoms with Gasteiger partial charge in [-0.1, -0.05) is 59.8 Å². The molecular formula is C25H20ClN3O2S2. The van der Waals surface area contributed by atoms with E-state index in [4.69, 9.17) is 11.6 Å². The molecular weight excluding hydrogens is 474 g/mol. The fourth-order valence-electron chi connectivity index (χ4n) is 3.02. The minimum absolute atomic E-state index is 0.122. The van der Waals surface area contributed by atoms with E-state index in [0.29, 0.717) is 16.4 Å². The third kappa shape index (κ3) is 6.22. The number of nitrogens with one attached hydrogen (secondary N) is 2. The molecule has 166 valence electrons. The summed E-state index contributed by atoms with van der Waals surface area (Å²) in [6.45, 7) is 1.87. The highest BCUT2D eigenvalue weighted by molar-refractivity contribution is 8.01. The first-order chi connectivity index (χ1) is 16.0. The normalized spacial score (nSPS) is 11.1.